The number of amides is 1. The number of nitrogens with one attached hydrogen (secondary N) is 1. The number of rotatable bonds is 6. The highest BCUT2D eigenvalue weighted by Gasteiger charge is 2.08. The number of carbonyl (C=O) groups excluding carboxylic acids is 1. The smallest absolute Gasteiger partial charge is 0.271 e. The predicted molar refractivity (Wildman–Crippen MR) is 98.9 cm³/mol. The number of hydrazone groups is 1. The summed E-state index contributed by atoms with van der Waals surface area (Å²) in [5, 5.41) is 14.4. The van der Waals surface area contributed by atoms with Crippen LogP contribution in [0.3, 0.4) is 0 Å². The van der Waals surface area contributed by atoms with Crippen molar-refractivity contribution in [3.8, 4) is 0 Å². The Labute approximate surface area is 145 Å². The minimum absolute atomic E-state index is 0.0664. The van der Waals surface area contributed by atoms with Gasteiger partial charge >= 0.3 is 0 Å². The van der Waals surface area contributed by atoms with Crippen molar-refractivity contribution < 1.29 is 9.72 Å². The minimum atomic E-state index is -0.518. The summed E-state index contributed by atoms with van der Waals surface area (Å²) in [5.41, 5.74) is 4.72. The van der Waals surface area contributed by atoms with Gasteiger partial charge in [-0.15, -0.1) is 0 Å². The molecule has 0 aromatic heterocycles. The minimum Gasteiger partial charge on any atom is -0.378 e. The average molecular weight is 338 g/mol. The van der Waals surface area contributed by atoms with Crippen LogP contribution < -0.4 is 10.3 Å². The molecule has 0 heterocycles. The Morgan fingerprint density at radius 2 is 1.76 bits per heavy atom. The van der Waals surface area contributed by atoms with E-state index in [0.29, 0.717) is 5.56 Å². The second-order valence-corrected chi connectivity index (χ2v) is 5.37. The van der Waals surface area contributed by atoms with Crippen molar-refractivity contribution in [1.82, 2.24) is 5.43 Å². The van der Waals surface area contributed by atoms with Crippen molar-refractivity contribution >= 4 is 29.6 Å². The molecule has 0 saturated heterocycles. The lowest BCUT2D eigenvalue weighted by atomic mass is 10.2. The summed E-state index contributed by atoms with van der Waals surface area (Å²) >= 11 is 0. The number of nitrogens with zero attached hydrogens (tertiary/aromatic N) is 3. The lowest BCUT2D eigenvalue weighted by molar-refractivity contribution is -0.384. The summed E-state index contributed by atoms with van der Waals surface area (Å²) in [7, 11) is 3.95. The molecule has 0 bridgehead atoms. The summed E-state index contributed by atoms with van der Waals surface area (Å²) in [6, 6.07) is 13.3. The number of hydrogen-bond acceptors (Lipinski definition) is 5. The first kappa shape index (κ1) is 17.9. The number of benzene rings is 2. The van der Waals surface area contributed by atoms with Gasteiger partial charge in [-0.1, -0.05) is 18.2 Å². The first-order valence-electron chi connectivity index (χ1n) is 7.49. The van der Waals surface area contributed by atoms with Crippen molar-refractivity contribution in [2.24, 2.45) is 5.10 Å². The molecule has 7 heteroatoms. The molecule has 2 rings (SSSR count). The summed E-state index contributed by atoms with van der Waals surface area (Å²) < 4.78 is 0. The molecule has 0 aliphatic carbocycles. The first-order chi connectivity index (χ1) is 12.0. The zero-order valence-corrected chi connectivity index (χ0v) is 13.9. The Morgan fingerprint density at radius 3 is 2.32 bits per heavy atom. The Bertz CT molecular complexity index is 794. The number of non-ortho nitro benzene ring substituents is 1. The number of anilines is 1. The number of carbonyl (C=O) groups is 1. The second kappa shape index (κ2) is 8.39. The summed E-state index contributed by atoms with van der Waals surface area (Å²) in [4.78, 5) is 23.9. The van der Waals surface area contributed by atoms with Gasteiger partial charge in [-0.2, -0.15) is 5.10 Å². The van der Waals surface area contributed by atoms with E-state index in [1.165, 1.54) is 30.5 Å². The molecule has 0 aliphatic rings. The lowest BCUT2D eigenvalue weighted by Gasteiger charge is -2.11. The van der Waals surface area contributed by atoms with E-state index >= 15 is 0 Å². The molecular formula is C18H18N4O3. The van der Waals surface area contributed by atoms with Gasteiger partial charge in [0, 0.05) is 43.7 Å². The topological polar surface area (TPSA) is 87.8 Å². The van der Waals surface area contributed by atoms with Crippen LogP contribution in [0.25, 0.3) is 6.08 Å². The number of nitro groups is 1. The number of allylic oxidation sites excluding steroid dienone is 1. The molecule has 2 aromatic carbocycles. The quantitative estimate of drug-likeness (QED) is 0.498. The lowest BCUT2D eigenvalue weighted by Crippen LogP contribution is -2.17. The Kier molecular flexibility index (Phi) is 6.00. The molecule has 0 aliphatic heterocycles. The van der Waals surface area contributed by atoms with E-state index in [-0.39, 0.29) is 5.69 Å². The van der Waals surface area contributed by atoms with Crippen molar-refractivity contribution in [3.63, 3.8) is 0 Å². The normalized spacial score (nSPS) is 11.0. The van der Waals surface area contributed by atoms with Crippen LogP contribution in [0.1, 0.15) is 15.9 Å². The van der Waals surface area contributed by atoms with Crippen molar-refractivity contribution in [1.29, 1.82) is 0 Å². The fourth-order valence-electron chi connectivity index (χ4n) is 1.98. The van der Waals surface area contributed by atoms with Crippen molar-refractivity contribution in [2.45, 2.75) is 0 Å². The molecule has 2 aromatic rings. The van der Waals surface area contributed by atoms with Gasteiger partial charge in [0.2, 0.25) is 0 Å². The zero-order valence-electron chi connectivity index (χ0n) is 13.9. The molecule has 0 unspecified atom stereocenters. The van der Waals surface area contributed by atoms with Gasteiger partial charge in [-0.3, -0.25) is 14.9 Å². The molecule has 0 fully saturated rings. The molecule has 0 saturated carbocycles. The number of hydrogen-bond donors (Lipinski definition) is 1. The fraction of sp³-hybridized carbons (Fsp3) is 0.111. The standard InChI is InChI=1S/C18H18N4O3/c1-21(2)16-9-5-14(6-10-16)4-3-13-19-20-18(23)15-7-11-17(12-8-15)22(24)25/h3-13H,1-2H3,(H,20,23). The van der Waals surface area contributed by atoms with Gasteiger partial charge in [0.05, 0.1) is 4.92 Å². The Balaban J connectivity index is 1.87. The van der Waals surface area contributed by atoms with Gasteiger partial charge in [-0.25, -0.2) is 5.43 Å². The van der Waals surface area contributed by atoms with E-state index in [4.69, 9.17) is 0 Å². The summed E-state index contributed by atoms with van der Waals surface area (Å²) in [5.74, 6) is -0.435. The van der Waals surface area contributed by atoms with Crippen LogP contribution in [0, 0.1) is 10.1 Å². The molecule has 25 heavy (non-hydrogen) atoms. The molecule has 128 valence electrons. The molecule has 1 N–H and O–H groups in total. The van der Waals surface area contributed by atoms with E-state index in [1.807, 2.05) is 49.3 Å². The highest BCUT2D eigenvalue weighted by atomic mass is 16.6. The highest BCUT2D eigenvalue weighted by Crippen LogP contribution is 2.13. The molecular weight excluding hydrogens is 320 g/mol. The molecule has 7 nitrogen and oxygen atoms in total. The van der Waals surface area contributed by atoms with E-state index < -0.39 is 10.8 Å². The fourth-order valence-corrected chi connectivity index (χ4v) is 1.98. The monoisotopic (exact) mass is 338 g/mol. The van der Waals surface area contributed by atoms with Gasteiger partial charge in [0.25, 0.3) is 11.6 Å². The van der Waals surface area contributed by atoms with Gasteiger partial charge < -0.3 is 4.90 Å². The SMILES string of the molecule is CN(C)c1ccc(C=CC=NNC(=O)c2ccc([N+](=O)[O-])cc2)cc1. The maximum atomic E-state index is 11.8. The Morgan fingerprint density at radius 1 is 1.12 bits per heavy atom. The van der Waals surface area contributed by atoms with Gasteiger partial charge in [0.15, 0.2) is 0 Å². The van der Waals surface area contributed by atoms with Crippen LogP contribution in [0.5, 0.6) is 0 Å². The third kappa shape index (κ3) is 5.28. The van der Waals surface area contributed by atoms with E-state index in [0.717, 1.165) is 11.3 Å². The maximum Gasteiger partial charge on any atom is 0.271 e. The molecule has 0 spiro atoms. The van der Waals surface area contributed by atoms with Crippen LogP contribution in [-0.2, 0) is 0 Å². The van der Waals surface area contributed by atoms with Crippen molar-refractivity contribution in [3.05, 3.63) is 75.8 Å². The zero-order chi connectivity index (χ0) is 18.2. The number of nitro benzene ring substituents is 1. The van der Waals surface area contributed by atoms with Crippen LogP contribution in [0.15, 0.2) is 59.7 Å². The van der Waals surface area contributed by atoms with Gasteiger partial charge in [-0.05, 0) is 35.9 Å². The van der Waals surface area contributed by atoms with E-state index in [9.17, 15) is 14.9 Å². The maximum absolute atomic E-state index is 11.8. The van der Waals surface area contributed by atoms with E-state index in [2.05, 4.69) is 10.5 Å². The van der Waals surface area contributed by atoms with Crippen LogP contribution >= 0.6 is 0 Å². The van der Waals surface area contributed by atoms with Crippen LogP contribution in [0.2, 0.25) is 0 Å². The average Bonchev–Trinajstić information content (AvgIpc) is 2.61. The third-order valence-corrected chi connectivity index (χ3v) is 3.37. The largest absolute Gasteiger partial charge is 0.378 e. The van der Waals surface area contributed by atoms with E-state index in [1.54, 1.807) is 6.08 Å². The second-order valence-electron chi connectivity index (χ2n) is 5.37. The molecule has 0 radical (unpaired) electrons. The first-order valence-corrected chi connectivity index (χ1v) is 7.49. The Hall–Kier alpha value is -3.48. The summed E-state index contributed by atoms with van der Waals surface area (Å²) in [6.45, 7) is 0. The molecule has 1 amide bonds. The van der Waals surface area contributed by atoms with Crippen LogP contribution in [0.4, 0.5) is 11.4 Å². The predicted octanol–water partition coefficient (Wildman–Crippen LogP) is 3.09. The highest BCUT2D eigenvalue weighted by molar-refractivity contribution is 5.94. The van der Waals surface area contributed by atoms with Crippen molar-refractivity contribution in [2.75, 3.05) is 19.0 Å². The van der Waals surface area contributed by atoms with Crippen LogP contribution in [-0.4, -0.2) is 31.1 Å². The third-order valence-electron chi connectivity index (χ3n) is 3.37. The van der Waals surface area contributed by atoms with Gasteiger partial charge in [0.1, 0.15) is 0 Å². The summed E-state index contributed by atoms with van der Waals surface area (Å²) in [6.07, 6.45) is 5.03. The molecule has 0 atom stereocenters.